The van der Waals surface area contributed by atoms with Gasteiger partial charge < -0.3 is 4.74 Å². The summed E-state index contributed by atoms with van der Waals surface area (Å²) in [6.07, 6.45) is 0. The largest absolute Gasteiger partial charge is 0.402 e. The Hall–Kier alpha value is -3.79. The standard InChI is InChI=1S/C24H18N2O2/c1-17-7-9-21(10-8-17)24(27)28-23-16-15-22(25-26-23)20-13-11-19(12-14-20)18-5-3-2-4-6-18/h2-16H,1H3. The van der Waals surface area contributed by atoms with Crippen molar-refractivity contribution in [2.75, 3.05) is 0 Å². The molecule has 0 bridgehead atoms. The van der Waals surface area contributed by atoms with Crippen molar-refractivity contribution in [2.24, 2.45) is 0 Å². The molecule has 0 saturated carbocycles. The Labute approximate surface area is 163 Å². The van der Waals surface area contributed by atoms with E-state index in [0.29, 0.717) is 5.56 Å². The Kier molecular flexibility index (Phi) is 4.93. The van der Waals surface area contributed by atoms with Crippen molar-refractivity contribution in [3.05, 3.63) is 102 Å². The maximum atomic E-state index is 12.2. The fourth-order valence-corrected chi connectivity index (χ4v) is 2.84. The van der Waals surface area contributed by atoms with Gasteiger partial charge in [-0.05, 0) is 36.2 Å². The molecule has 0 aliphatic carbocycles. The second-order valence-electron chi connectivity index (χ2n) is 6.46. The van der Waals surface area contributed by atoms with Crippen LogP contribution in [-0.4, -0.2) is 16.2 Å². The summed E-state index contributed by atoms with van der Waals surface area (Å²) in [4.78, 5) is 12.2. The molecular formula is C24H18N2O2. The molecule has 3 aromatic carbocycles. The molecule has 0 radical (unpaired) electrons. The normalized spacial score (nSPS) is 10.5. The van der Waals surface area contributed by atoms with Crippen molar-refractivity contribution < 1.29 is 9.53 Å². The molecule has 28 heavy (non-hydrogen) atoms. The second kappa shape index (κ2) is 7.84. The van der Waals surface area contributed by atoms with E-state index in [1.165, 1.54) is 5.56 Å². The van der Waals surface area contributed by atoms with Crippen LogP contribution in [0.4, 0.5) is 0 Å². The minimum absolute atomic E-state index is 0.176. The number of rotatable bonds is 4. The second-order valence-corrected chi connectivity index (χ2v) is 6.46. The average Bonchev–Trinajstić information content (AvgIpc) is 2.75. The number of benzene rings is 3. The van der Waals surface area contributed by atoms with Gasteiger partial charge >= 0.3 is 5.97 Å². The quantitative estimate of drug-likeness (QED) is 0.458. The van der Waals surface area contributed by atoms with Crippen LogP contribution in [-0.2, 0) is 0 Å². The fraction of sp³-hybridized carbons (Fsp3) is 0.0417. The number of carbonyl (C=O) groups is 1. The van der Waals surface area contributed by atoms with Crippen molar-refractivity contribution >= 4 is 5.97 Å². The number of carbonyl (C=O) groups excluding carboxylic acids is 1. The number of esters is 1. The first-order valence-corrected chi connectivity index (χ1v) is 8.97. The number of hydrogen-bond donors (Lipinski definition) is 0. The van der Waals surface area contributed by atoms with Gasteiger partial charge in [0, 0.05) is 11.6 Å². The molecule has 0 aliphatic rings. The Morgan fingerprint density at radius 2 is 1.32 bits per heavy atom. The van der Waals surface area contributed by atoms with Crippen LogP contribution in [0.15, 0.2) is 91.0 Å². The van der Waals surface area contributed by atoms with E-state index in [2.05, 4.69) is 34.5 Å². The zero-order valence-electron chi connectivity index (χ0n) is 15.4. The topological polar surface area (TPSA) is 52.1 Å². The van der Waals surface area contributed by atoms with Gasteiger partial charge in [0.15, 0.2) is 0 Å². The highest BCUT2D eigenvalue weighted by Gasteiger charge is 2.10. The molecule has 1 heterocycles. The van der Waals surface area contributed by atoms with Gasteiger partial charge in [0.05, 0.1) is 11.3 Å². The van der Waals surface area contributed by atoms with Crippen LogP contribution in [0.5, 0.6) is 5.88 Å². The van der Waals surface area contributed by atoms with E-state index in [-0.39, 0.29) is 5.88 Å². The minimum Gasteiger partial charge on any atom is -0.402 e. The van der Waals surface area contributed by atoms with Crippen LogP contribution in [0.1, 0.15) is 15.9 Å². The van der Waals surface area contributed by atoms with E-state index < -0.39 is 5.97 Å². The fourth-order valence-electron chi connectivity index (χ4n) is 2.84. The molecule has 0 saturated heterocycles. The van der Waals surface area contributed by atoms with Gasteiger partial charge in [0.25, 0.3) is 0 Å². The molecule has 0 aliphatic heterocycles. The zero-order chi connectivity index (χ0) is 19.3. The van der Waals surface area contributed by atoms with Gasteiger partial charge in [-0.15, -0.1) is 10.2 Å². The highest BCUT2D eigenvalue weighted by Crippen LogP contribution is 2.24. The predicted molar refractivity (Wildman–Crippen MR) is 109 cm³/mol. The minimum atomic E-state index is -0.450. The lowest BCUT2D eigenvalue weighted by atomic mass is 10.0. The van der Waals surface area contributed by atoms with E-state index in [1.54, 1.807) is 24.3 Å². The van der Waals surface area contributed by atoms with Gasteiger partial charge in [0.1, 0.15) is 0 Å². The summed E-state index contributed by atoms with van der Waals surface area (Å²) in [7, 11) is 0. The maximum Gasteiger partial charge on any atom is 0.344 e. The number of aryl methyl sites for hydroxylation is 1. The first kappa shape index (κ1) is 17.6. The van der Waals surface area contributed by atoms with E-state index in [1.807, 2.05) is 49.4 Å². The first-order chi connectivity index (χ1) is 13.7. The van der Waals surface area contributed by atoms with Gasteiger partial charge in [0.2, 0.25) is 5.88 Å². The third kappa shape index (κ3) is 3.96. The summed E-state index contributed by atoms with van der Waals surface area (Å²) in [5.74, 6) is -0.274. The number of ether oxygens (including phenoxy) is 1. The lowest BCUT2D eigenvalue weighted by Gasteiger charge is -2.06. The molecule has 4 nitrogen and oxygen atoms in total. The van der Waals surface area contributed by atoms with Crippen molar-refractivity contribution in [2.45, 2.75) is 6.92 Å². The zero-order valence-corrected chi connectivity index (χ0v) is 15.4. The molecule has 1 aromatic heterocycles. The van der Waals surface area contributed by atoms with Crippen LogP contribution >= 0.6 is 0 Å². The highest BCUT2D eigenvalue weighted by atomic mass is 16.5. The molecule has 4 rings (SSSR count). The summed E-state index contributed by atoms with van der Waals surface area (Å²) in [5, 5.41) is 8.21. The van der Waals surface area contributed by atoms with Crippen molar-refractivity contribution in [3.63, 3.8) is 0 Å². The monoisotopic (exact) mass is 366 g/mol. The van der Waals surface area contributed by atoms with E-state index in [0.717, 1.165) is 22.4 Å². The van der Waals surface area contributed by atoms with Crippen LogP contribution in [0, 0.1) is 6.92 Å². The highest BCUT2D eigenvalue weighted by molar-refractivity contribution is 5.90. The predicted octanol–water partition coefficient (Wildman–Crippen LogP) is 5.34. The molecule has 0 unspecified atom stereocenters. The Morgan fingerprint density at radius 3 is 1.96 bits per heavy atom. The van der Waals surface area contributed by atoms with Crippen LogP contribution in [0.25, 0.3) is 22.4 Å². The molecular weight excluding hydrogens is 348 g/mol. The number of aromatic nitrogens is 2. The smallest absolute Gasteiger partial charge is 0.344 e. The van der Waals surface area contributed by atoms with Crippen LogP contribution in [0.3, 0.4) is 0 Å². The molecule has 0 atom stereocenters. The molecule has 4 heteroatoms. The Balaban J connectivity index is 1.47. The Morgan fingerprint density at radius 1 is 0.679 bits per heavy atom. The van der Waals surface area contributed by atoms with Crippen LogP contribution in [0.2, 0.25) is 0 Å². The van der Waals surface area contributed by atoms with Crippen molar-refractivity contribution in [3.8, 4) is 28.3 Å². The third-order valence-electron chi connectivity index (χ3n) is 4.41. The molecule has 0 fully saturated rings. The molecule has 136 valence electrons. The lowest BCUT2D eigenvalue weighted by Crippen LogP contribution is -2.09. The van der Waals surface area contributed by atoms with Crippen molar-refractivity contribution in [1.29, 1.82) is 0 Å². The summed E-state index contributed by atoms with van der Waals surface area (Å²) >= 11 is 0. The molecule has 4 aromatic rings. The summed E-state index contributed by atoms with van der Waals surface area (Å²) < 4.78 is 5.30. The first-order valence-electron chi connectivity index (χ1n) is 8.97. The Bertz CT molecular complexity index is 1070. The SMILES string of the molecule is Cc1ccc(C(=O)Oc2ccc(-c3ccc(-c4ccccc4)cc3)nn2)cc1. The molecule has 0 N–H and O–H groups in total. The van der Waals surface area contributed by atoms with E-state index in [4.69, 9.17) is 4.74 Å². The molecule has 0 spiro atoms. The van der Waals surface area contributed by atoms with E-state index in [9.17, 15) is 4.79 Å². The van der Waals surface area contributed by atoms with Crippen molar-refractivity contribution in [1.82, 2.24) is 10.2 Å². The summed E-state index contributed by atoms with van der Waals surface area (Å²) in [5.41, 5.74) is 5.53. The third-order valence-corrected chi connectivity index (χ3v) is 4.41. The lowest BCUT2D eigenvalue weighted by molar-refractivity contribution is 0.0726. The van der Waals surface area contributed by atoms with E-state index >= 15 is 0 Å². The summed E-state index contributed by atoms with van der Waals surface area (Å²) in [6, 6.07) is 28.9. The van der Waals surface area contributed by atoms with Gasteiger partial charge in [-0.3, -0.25) is 0 Å². The summed E-state index contributed by atoms with van der Waals surface area (Å²) in [6.45, 7) is 1.96. The van der Waals surface area contributed by atoms with Gasteiger partial charge in [-0.25, -0.2) is 4.79 Å². The average molecular weight is 366 g/mol. The molecule has 0 amide bonds. The maximum absolute atomic E-state index is 12.2. The number of nitrogens with zero attached hydrogens (tertiary/aromatic N) is 2. The van der Waals surface area contributed by atoms with Gasteiger partial charge in [-0.2, -0.15) is 0 Å². The van der Waals surface area contributed by atoms with Crippen LogP contribution < -0.4 is 4.74 Å². The number of hydrogen-bond acceptors (Lipinski definition) is 4. The van der Waals surface area contributed by atoms with Gasteiger partial charge in [-0.1, -0.05) is 72.3 Å².